The highest BCUT2D eigenvalue weighted by atomic mass is 35.5. The number of rotatable bonds is 7. The molecule has 1 saturated heterocycles. The van der Waals surface area contributed by atoms with Gasteiger partial charge in [0, 0.05) is 5.02 Å². The fourth-order valence-electron chi connectivity index (χ4n) is 2.82. The summed E-state index contributed by atoms with van der Waals surface area (Å²) in [5.74, 6) is -0.683. The molecule has 0 aromatic heterocycles. The molecule has 0 aliphatic carbocycles. The predicted octanol–water partition coefficient (Wildman–Crippen LogP) is 3.26. The van der Waals surface area contributed by atoms with E-state index >= 15 is 0 Å². The van der Waals surface area contributed by atoms with Crippen LogP contribution in [0.4, 0.5) is 0 Å². The van der Waals surface area contributed by atoms with E-state index < -0.39 is 6.04 Å². The fourth-order valence-corrected chi connectivity index (χ4v) is 4.20. The van der Waals surface area contributed by atoms with Gasteiger partial charge in [-0.15, -0.1) is 0 Å². The average molecular weight is 447 g/mol. The van der Waals surface area contributed by atoms with Gasteiger partial charge in [0.2, 0.25) is 5.91 Å². The highest BCUT2D eigenvalue weighted by Crippen LogP contribution is 2.32. The van der Waals surface area contributed by atoms with Crippen LogP contribution in [0.5, 0.6) is 0 Å². The van der Waals surface area contributed by atoms with E-state index in [4.69, 9.17) is 23.8 Å². The summed E-state index contributed by atoms with van der Waals surface area (Å²) in [5, 5.41) is 13.0. The molecule has 2 aromatic rings. The van der Waals surface area contributed by atoms with Gasteiger partial charge in [0.1, 0.15) is 10.9 Å². The number of thiocarbonyl (C=S) groups is 1. The van der Waals surface area contributed by atoms with Gasteiger partial charge in [-0.1, -0.05) is 78.0 Å². The van der Waals surface area contributed by atoms with Crippen molar-refractivity contribution in [3.8, 4) is 0 Å². The zero-order valence-corrected chi connectivity index (χ0v) is 17.8. The summed E-state index contributed by atoms with van der Waals surface area (Å²) >= 11 is 12.3. The monoisotopic (exact) mass is 446 g/mol. The standard InChI is InChI=1S/C21H19ClN2O3S2/c22-16-8-6-15(7-9-16)11-18-20(27)24(21(28)29-18)12-19(26)23-17(13-25)10-14-4-2-1-3-5-14/h1-9,11,17,25H,10,12-13H2,(H,23,26)/b18-11-. The maximum absolute atomic E-state index is 12.7. The zero-order valence-electron chi connectivity index (χ0n) is 15.4. The zero-order chi connectivity index (χ0) is 20.8. The molecule has 1 aliphatic rings. The molecule has 2 N–H and O–H groups in total. The SMILES string of the molecule is O=C(CN1C(=O)/C(=C/c2ccc(Cl)cc2)SC1=S)NC(CO)Cc1ccccc1. The second kappa shape index (κ2) is 10.0. The van der Waals surface area contributed by atoms with Crippen LogP contribution in [0, 0.1) is 0 Å². The van der Waals surface area contributed by atoms with Crippen molar-refractivity contribution in [2.75, 3.05) is 13.2 Å². The van der Waals surface area contributed by atoms with E-state index in [2.05, 4.69) is 5.32 Å². The molecule has 0 radical (unpaired) electrons. The third kappa shape index (κ3) is 5.90. The van der Waals surface area contributed by atoms with Crippen molar-refractivity contribution in [1.82, 2.24) is 10.2 Å². The lowest BCUT2D eigenvalue weighted by Crippen LogP contribution is -2.45. The Morgan fingerprint density at radius 2 is 1.90 bits per heavy atom. The van der Waals surface area contributed by atoms with Crippen LogP contribution in [0.1, 0.15) is 11.1 Å². The lowest BCUT2D eigenvalue weighted by molar-refractivity contribution is -0.129. The van der Waals surface area contributed by atoms with Crippen molar-refractivity contribution in [1.29, 1.82) is 0 Å². The van der Waals surface area contributed by atoms with Crippen LogP contribution >= 0.6 is 35.6 Å². The van der Waals surface area contributed by atoms with E-state index in [0.29, 0.717) is 20.7 Å². The number of nitrogens with one attached hydrogen (secondary N) is 1. The maximum Gasteiger partial charge on any atom is 0.266 e. The second-order valence-electron chi connectivity index (χ2n) is 6.46. The van der Waals surface area contributed by atoms with E-state index in [1.807, 2.05) is 30.3 Å². The number of aliphatic hydroxyl groups excluding tert-OH is 1. The number of benzene rings is 2. The number of carbonyl (C=O) groups excluding carboxylic acids is 2. The number of halogens is 1. The number of hydrogen-bond acceptors (Lipinski definition) is 5. The summed E-state index contributed by atoms with van der Waals surface area (Å²) < 4.78 is 0.328. The molecule has 8 heteroatoms. The topological polar surface area (TPSA) is 69.6 Å². The molecule has 0 saturated carbocycles. The van der Waals surface area contributed by atoms with E-state index in [9.17, 15) is 14.7 Å². The number of nitrogens with zero attached hydrogens (tertiary/aromatic N) is 1. The van der Waals surface area contributed by atoms with Gasteiger partial charge in [0.25, 0.3) is 5.91 Å². The van der Waals surface area contributed by atoms with Crippen molar-refractivity contribution in [3.63, 3.8) is 0 Å². The van der Waals surface area contributed by atoms with Gasteiger partial charge in [-0.2, -0.15) is 0 Å². The van der Waals surface area contributed by atoms with Crippen LogP contribution in [0.25, 0.3) is 6.08 Å². The smallest absolute Gasteiger partial charge is 0.266 e. The lowest BCUT2D eigenvalue weighted by Gasteiger charge is -2.19. The summed E-state index contributed by atoms with van der Waals surface area (Å²) in [4.78, 5) is 26.8. The van der Waals surface area contributed by atoms with Gasteiger partial charge >= 0.3 is 0 Å². The van der Waals surface area contributed by atoms with Gasteiger partial charge in [-0.25, -0.2) is 0 Å². The molecule has 2 amide bonds. The van der Waals surface area contributed by atoms with Crippen molar-refractivity contribution >= 4 is 57.8 Å². The summed E-state index contributed by atoms with van der Waals surface area (Å²) in [6, 6.07) is 16.2. The Kier molecular flexibility index (Phi) is 7.44. The summed E-state index contributed by atoms with van der Waals surface area (Å²) in [7, 11) is 0. The molecular formula is C21H19ClN2O3S2. The van der Waals surface area contributed by atoms with E-state index in [0.717, 1.165) is 22.9 Å². The predicted molar refractivity (Wildman–Crippen MR) is 120 cm³/mol. The number of thioether (sulfide) groups is 1. The molecule has 0 bridgehead atoms. The third-order valence-corrected chi connectivity index (χ3v) is 5.88. The number of carbonyl (C=O) groups is 2. The Hall–Kier alpha value is -2.19. The Morgan fingerprint density at radius 3 is 2.55 bits per heavy atom. The van der Waals surface area contributed by atoms with Gasteiger partial charge in [-0.05, 0) is 35.8 Å². The quantitative estimate of drug-likeness (QED) is 0.504. The normalized spacial score (nSPS) is 16.3. The van der Waals surface area contributed by atoms with E-state index in [1.54, 1.807) is 30.3 Å². The molecule has 1 atom stereocenters. The average Bonchev–Trinajstić information content (AvgIpc) is 2.97. The summed E-state index contributed by atoms with van der Waals surface area (Å²) in [6.45, 7) is -0.386. The highest BCUT2D eigenvalue weighted by Gasteiger charge is 2.33. The van der Waals surface area contributed by atoms with Crippen LogP contribution in [0.15, 0.2) is 59.5 Å². The van der Waals surface area contributed by atoms with Gasteiger partial charge in [0.05, 0.1) is 17.6 Å². The first-order chi connectivity index (χ1) is 14.0. The summed E-state index contributed by atoms with van der Waals surface area (Å²) in [6.07, 6.45) is 2.22. The van der Waals surface area contributed by atoms with Crippen molar-refractivity contribution in [2.45, 2.75) is 12.5 Å². The minimum absolute atomic E-state index is 0.187. The molecule has 29 heavy (non-hydrogen) atoms. The second-order valence-corrected chi connectivity index (χ2v) is 8.57. The van der Waals surface area contributed by atoms with Crippen LogP contribution in [0.3, 0.4) is 0 Å². The molecule has 1 unspecified atom stereocenters. The minimum Gasteiger partial charge on any atom is -0.394 e. The molecule has 3 rings (SSSR count). The van der Waals surface area contributed by atoms with Crippen LogP contribution in [0.2, 0.25) is 5.02 Å². The van der Waals surface area contributed by atoms with Crippen molar-refractivity contribution < 1.29 is 14.7 Å². The van der Waals surface area contributed by atoms with E-state index in [-0.39, 0.29) is 25.0 Å². The van der Waals surface area contributed by atoms with Gasteiger partial charge in [-0.3, -0.25) is 14.5 Å². The van der Waals surface area contributed by atoms with E-state index in [1.165, 1.54) is 4.90 Å². The fraction of sp³-hybridized carbons (Fsp3) is 0.190. The van der Waals surface area contributed by atoms with Gasteiger partial charge in [0.15, 0.2) is 0 Å². The van der Waals surface area contributed by atoms with Crippen molar-refractivity contribution in [2.24, 2.45) is 0 Å². The number of aliphatic hydroxyl groups is 1. The Morgan fingerprint density at radius 1 is 1.21 bits per heavy atom. The Labute approximate surface area is 183 Å². The molecule has 0 spiro atoms. The highest BCUT2D eigenvalue weighted by molar-refractivity contribution is 8.26. The van der Waals surface area contributed by atoms with Crippen LogP contribution < -0.4 is 5.32 Å². The number of amides is 2. The summed E-state index contributed by atoms with van der Waals surface area (Å²) in [5.41, 5.74) is 1.82. The Balaban J connectivity index is 1.61. The maximum atomic E-state index is 12.7. The molecule has 1 aliphatic heterocycles. The first-order valence-electron chi connectivity index (χ1n) is 8.91. The minimum atomic E-state index is -0.437. The van der Waals surface area contributed by atoms with Gasteiger partial charge < -0.3 is 10.4 Å². The molecule has 1 fully saturated rings. The number of hydrogen-bond donors (Lipinski definition) is 2. The molecular weight excluding hydrogens is 428 g/mol. The Bertz CT molecular complexity index is 933. The first kappa shape index (κ1) is 21.5. The van der Waals surface area contributed by atoms with Crippen LogP contribution in [-0.2, 0) is 16.0 Å². The third-order valence-electron chi connectivity index (χ3n) is 4.25. The molecule has 5 nitrogen and oxygen atoms in total. The van der Waals surface area contributed by atoms with Crippen LogP contribution in [-0.4, -0.2) is 45.3 Å². The molecule has 2 aromatic carbocycles. The molecule has 1 heterocycles. The largest absolute Gasteiger partial charge is 0.394 e. The first-order valence-corrected chi connectivity index (χ1v) is 10.5. The molecule has 150 valence electrons. The lowest BCUT2D eigenvalue weighted by atomic mass is 10.1. The van der Waals surface area contributed by atoms with Crippen molar-refractivity contribution in [3.05, 3.63) is 75.7 Å².